The average molecular weight is 290 g/mol. The molecule has 2 aliphatic rings. The van der Waals surface area contributed by atoms with E-state index < -0.39 is 22.2 Å². The minimum atomic E-state index is -3.62. The summed E-state index contributed by atoms with van der Waals surface area (Å²) in [5.41, 5.74) is 0. The molecule has 2 saturated heterocycles. The molecule has 0 bridgehead atoms. The van der Waals surface area contributed by atoms with E-state index in [0.717, 1.165) is 25.7 Å². The van der Waals surface area contributed by atoms with E-state index in [-0.39, 0.29) is 0 Å². The second-order valence-corrected chi connectivity index (χ2v) is 7.43. The van der Waals surface area contributed by atoms with Gasteiger partial charge in [-0.1, -0.05) is 6.92 Å². The van der Waals surface area contributed by atoms with Gasteiger partial charge in [-0.2, -0.15) is 17.0 Å². The van der Waals surface area contributed by atoms with E-state index in [0.29, 0.717) is 32.0 Å². The molecule has 6 nitrogen and oxygen atoms in total. The van der Waals surface area contributed by atoms with Crippen LogP contribution in [-0.2, 0) is 15.0 Å². The quantitative estimate of drug-likeness (QED) is 0.838. The van der Waals surface area contributed by atoms with Crippen LogP contribution in [0.1, 0.15) is 39.0 Å². The van der Waals surface area contributed by atoms with Gasteiger partial charge in [0.05, 0.1) is 0 Å². The molecule has 1 unspecified atom stereocenters. The van der Waals surface area contributed by atoms with E-state index >= 15 is 0 Å². The molecule has 1 N–H and O–H groups in total. The standard InChI is InChI=1S/C12H22N2O4S/c1-10-5-8-13(9-6-10)19(17,18)14-7-3-2-4-11(14)12(15)16/h10-11H,2-9H2,1H3,(H,15,16). The first kappa shape index (κ1) is 14.7. The minimum absolute atomic E-state index is 0.325. The van der Waals surface area contributed by atoms with Crippen molar-refractivity contribution in [3.63, 3.8) is 0 Å². The molecule has 0 amide bonds. The van der Waals surface area contributed by atoms with E-state index in [1.54, 1.807) is 0 Å². The highest BCUT2D eigenvalue weighted by Gasteiger charge is 2.40. The third kappa shape index (κ3) is 3.09. The minimum Gasteiger partial charge on any atom is -0.480 e. The number of nitrogens with zero attached hydrogens (tertiary/aromatic N) is 2. The van der Waals surface area contributed by atoms with Crippen molar-refractivity contribution in [3.05, 3.63) is 0 Å². The molecule has 110 valence electrons. The van der Waals surface area contributed by atoms with Crippen molar-refractivity contribution < 1.29 is 18.3 Å². The van der Waals surface area contributed by atoms with E-state index in [4.69, 9.17) is 0 Å². The van der Waals surface area contributed by atoms with Gasteiger partial charge in [-0.3, -0.25) is 4.79 Å². The number of carboxylic acid groups (broad SMARTS) is 1. The number of hydrogen-bond acceptors (Lipinski definition) is 3. The fraction of sp³-hybridized carbons (Fsp3) is 0.917. The molecule has 7 heteroatoms. The van der Waals surface area contributed by atoms with Gasteiger partial charge >= 0.3 is 5.97 Å². The number of carbonyl (C=O) groups is 1. The normalized spacial score (nSPS) is 28.4. The van der Waals surface area contributed by atoms with E-state index in [9.17, 15) is 18.3 Å². The third-order valence-electron chi connectivity index (χ3n) is 4.10. The van der Waals surface area contributed by atoms with Gasteiger partial charge in [-0.05, 0) is 38.0 Å². The smallest absolute Gasteiger partial charge is 0.322 e. The number of carboxylic acids is 1. The Morgan fingerprint density at radius 3 is 2.32 bits per heavy atom. The molecule has 0 aromatic carbocycles. The van der Waals surface area contributed by atoms with Crippen LogP contribution in [0.3, 0.4) is 0 Å². The fourth-order valence-electron chi connectivity index (χ4n) is 2.79. The zero-order valence-electron chi connectivity index (χ0n) is 11.3. The molecular formula is C12H22N2O4S. The van der Waals surface area contributed by atoms with Crippen molar-refractivity contribution >= 4 is 16.2 Å². The second-order valence-electron chi connectivity index (χ2n) is 5.55. The lowest BCUT2D eigenvalue weighted by molar-refractivity contribution is -0.142. The molecule has 2 rings (SSSR count). The zero-order valence-corrected chi connectivity index (χ0v) is 12.1. The Morgan fingerprint density at radius 1 is 1.11 bits per heavy atom. The van der Waals surface area contributed by atoms with Gasteiger partial charge in [-0.15, -0.1) is 0 Å². The number of aliphatic carboxylic acids is 1. The maximum absolute atomic E-state index is 12.6. The molecule has 0 aromatic heterocycles. The lowest BCUT2D eigenvalue weighted by Crippen LogP contribution is -2.54. The molecule has 0 aromatic rings. The van der Waals surface area contributed by atoms with Gasteiger partial charge < -0.3 is 5.11 Å². The predicted octanol–water partition coefficient (Wildman–Crippen LogP) is 0.902. The van der Waals surface area contributed by atoms with Crippen LogP contribution in [0.15, 0.2) is 0 Å². The highest BCUT2D eigenvalue weighted by Crippen LogP contribution is 2.26. The van der Waals surface area contributed by atoms with Gasteiger partial charge in [0.1, 0.15) is 6.04 Å². The van der Waals surface area contributed by atoms with Crippen LogP contribution < -0.4 is 0 Å². The summed E-state index contributed by atoms with van der Waals surface area (Å²) in [6.07, 6.45) is 3.64. The maximum atomic E-state index is 12.6. The Kier molecular flexibility index (Phi) is 4.47. The third-order valence-corrected chi connectivity index (χ3v) is 6.15. The Hall–Kier alpha value is -0.660. The largest absolute Gasteiger partial charge is 0.480 e. The first-order valence-electron chi connectivity index (χ1n) is 6.92. The Bertz CT molecular complexity index is 429. The summed E-state index contributed by atoms with van der Waals surface area (Å²) in [5.74, 6) is -0.489. The van der Waals surface area contributed by atoms with Crippen LogP contribution in [0.4, 0.5) is 0 Å². The molecule has 0 aliphatic carbocycles. The Balaban J connectivity index is 2.15. The van der Waals surface area contributed by atoms with Crippen molar-refractivity contribution in [1.82, 2.24) is 8.61 Å². The molecule has 0 spiro atoms. The summed E-state index contributed by atoms with van der Waals surface area (Å²) in [4.78, 5) is 11.2. The summed E-state index contributed by atoms with van der Waals surface area (Å²) >= 11 is 0. The van der Waals surface area contributed by atoms with Gasteiger partial charge in [0.15, 0.2) is 0 Å². The second kappa shape index (κ2) is 5.76. The predicted molar refractivity (Wildman–Crippen MR) is 70.9 cm³/mol. The summed E-state index contributed by atoms with van der Waals surface area (Å²) in [7, 11) is -3.62. The molecular weight excluding hydrogens is 268 g/mol. The summed E-state index contributed by atoms with van der Waals surface area (Å²) in [6.45, 7) is 3.45. The number of hydrogen-bond donors (Lipinski definition) is 1. The first-order valence-corrected chi connectivity index (χ1v) is 8.32. The van der Waals surface area contributed by atoms with Crippen molar-refractivity contribution in [2.45, 2.75) is 45.1 Å². The molecule has 0 radical (unpaired) electrons. The van der Waals surface area contributed by atoms with Crippen molar-refractivity contribution in [3.8, 4) is 0 Å². The van der Waals surface area contributed by atoms with Crippen molar-refractivity contribution in [1.29, 1.82) is 0 Å². The van der Waals surface area contributed by atoms with Gasteiger partial charge in [0.2, 0.25) is 0 Å². The Morgan fingerprint density at radius 2 is 1.74 bits per heavy atom. The zero-order chi connectivity index (χ0) is 14.0. The molecule has 1 atom stereocenters. The topological polar surface area (TPSA) is 77.9 Å². The molecule has 0 saturated carbocycles. The van der Waals surface area contributed by atoms with Crippen molar-refractivity contribution in [2.75, 3.05) is 19.6 Å². The van der Waals surface area contributed by atoms with Crippen LogP contribution in [0.2, 0.25) is 0 Å². The first-order chi connectivity index (χ1) is 8.93. The number of rotatable bonds is 3. The highest BCUT2D eigenvalue weighted by atomic mass is 32.2. The molecule has 19 heavy (non-hydrogen) atoms. The van der Waals surface area contributed by atoms with Gasteiger partial charge in [0, 0.05) is 19.6 Å². The van der Waals surface area contributed by atoms with Crippen LogP contribution in [0.25, 0.3) is 0 Å². The average Bonchev–Trinajstić information content (AvgIpc) is 2.39. The Labute approximate surface area is 114 Å². The lowest BCUT2D eigenvalue weighted by atomic mass is 10.0. The highest BCUT2D eigenvalue weighted by molar-refractivity contribution is 7.86. The van der Waals surface area contributed by atoms with E-state index in [1.807, 2.05) is 0 Å². The molecule has 2 fully saturated rings. The van der Waals surface area contributed by atoms with E-state index in [1.165, 1.54) is 8.61 Å². The lowest BCUT2D eigenvalue weighted by Gasteiger charge is -2.38. The summed E-state index contributed by atoms with van der Waals surface area (Å²) in [6, 6.07) is -0.891. The summed E-state index contributed by atoms with van der Waals surface area (Å²) < 4.78 is 27.7. The maximum Gasteiger partial charge on any atom is 0.322 e. The van der Waals surface area contributed by atoms with Gasteiger partial charge in [-0.25, -0.2) is 0 Å². The monoisotopic (exact) mass is 290 g/mol. The van der Waals surface area contributed by atoms with Crippen LogP contribution >= 0.6 is 0 Å². The SMILES string of the molecule is CC1CCN(S(=O)(=O)N2CCCCC2C(=O)O)CC1. The molecule has 2 aliphatic heterocycles. The summed E-state index contributed by atoms with van der Waals surface area (Å²) in [5, 5.41) is 9.19. The van der Waals surface area contributed by atoms with Gasteiger partial charge in [0.25, 0.3) is 10.2 Å². The van der Waals surface area contributed by atoms with Crippen LogP contribution in [0, 0.1) is 5.92 Å². The van der Waals surface area contributed by atoms with Crippen LogP contribution in [0.5, 0.6) is 0 Å². The molecule has 2 heterocycles. The number of piperidine rings is 2. The fourth-order valence-corrected chi connectivity index (χ4v) is 4.64. The van der Waals surface area contributed by atoms with Crippen LogP contribution in [-0.4, -0.2) is 53.8 Å². The van der Waals surface area contributed by atoms with E-state index in [2.05, 4.69) is 6.92 Å². The van der Waals surface area contributed by atoms with Crippen molar-refractivity contribution in [2.24, 2.45) is 5.92 Å².